The minimum Gasteiger partial charge on any atom is -0.665 e. The van der Waals surface area contributed by atoms with Crippen LogP contribution in [0.5, 0.6) is 0 Å². The summed E-state index contributed by atoms with van der Waals surface area (Å²) in [4.78, 5) is 0. The molecule has 0 saturated carbocycles. The van der Waals surface area contributed by atoms with Crippen molar-refractivity contribution in [3.8, 4) is 0 Å². The molecule has 0 fully saturated rings. The summed E-state index contributed by atoms with van der Waals surface area (Å²) in [5.41, 5.74) is 0. The van der Waals surface area contributed by atoms with Crippen LogP contribution in [0.15, 0.2) is 0 Å². The van der Waals surface area contributed by atoms with Crippen LogP contribution in [0, 0.1) is 0 Å². The first kappa shape index (κ1) is 23.5. The van der Waals surface area contributed by atoms with E-state index in [0.29, 0.717) is 0 Å². The van der Waals surface area contributed by atoms with E-state index >= 15 is 0 Å². The molecule has 3 nitrogen and oxygen atoms in total. The second-order valence-corrected chi connectivity index (χ2v) is 1.90. The molecule has 0 N–H and O–H groups in total. The van der Waals surface area contributed by atoms with Gasteiger partial charge in [-0.2, -0.15) is 40.8 Å². The van der Waals surface area contributed by atoms with Crippen LogP contribution in [0.1, 0.15) is 20.8 Å². The van der Waals surface area contributed by atoms with E-state index in [1.807, 2.05) is 20.8 Å². The van der Waals surface area contributed by atoms with Crippen molar-refractivity contribution in [2.24, 2.45) is 0 Å². The van der Waals surface area contributed by atoms with Crippen LogP contribution in [0.25, 0.3) is 16.0 Å². The van der Waals surface area contributed by atoms with Gasteiger partial charge in [-0.05, 0) is 0 Å². The summed E-state index contributed by atoms with van der Waals surface area (Å²) < 4.78 is 0. The Morgan fingerprint density at radius 3 is 0.692 bits per heavy atom. The fraction of sp³-hybridized carbons (Fsp3) is 1.00. The predicted molar refractivity (Wildman–Crippen MR) is 59.5 cm³/mol. The second-order valence-electron chi connectivity index (χ2n) is 1.90. The van der Waals surface area contributed by atoms with Crippen molar-refractivity contribution in [2.45, 2.75) is 20.8 Å². The SMILES string of the molecule is CC[N-]C.CC[N-]C.CC[N-]C.[Zr+3]. The predicted octanol–water partition coefficient (Wildman–Crippen LogP) is 3.03. The minimum absolute atomic E-state index is 0. The Balaban J connectivity index is -0.0000000450. The Hall–Kier alpha value is 0.763. The van der Waals surface area contributed by atoms with Crippen molar-refractivity contribution in [2.75, 3.05) is 40.8 Å². The van der Waals surface area contributed by atoms with Crippen LogP contribution in [-0.4, -0.2) is 40.8 Å². The molecular weight excluding hydrogens is 241 g/mol. The summed E-state index contributed by atoms with van der Waals surface area (Å²) >= 11 is 0. The fourth-order valence-corrected chi connectivity index (χ4v) is 0. The molecule has 0 aromatic carbocycles. The Bertz CT molecular complexity index is 30.3. The average molecular weight is 266 g/mol. The molecule has 0 atom stereocenters. The van der Waals surface area contributed by atoms with Gasteiger partial charge in [0, 0.05) is 0 Å². The van der Waals surface area contributed by atoms with Crippen molar-refractivity contribution < 1.29 is 26.2 Å². The van der Waals surface area contributed by atoms with Crippen molar-refractivity contribution in [1.29, 1.82) is 0 Å². The average Bonchev–Trinajstić information content (AvgIpc) is 2.18. The maximum atomic E-state index is 3.74. The van der Waals surface area contributed by atoms with E-state index in [2.05, 4.69) is 16.0 Å². The molecule has 1 radical (unpaired) electrons. The third-order valence-corrected chi connectivity index (χ3v) is 0.949. The maximum Gasteiger partial charge on any atom is 3.00 e. The van der Waals surface area contributed by atoms with Gasteiger partial charge in [0.05, 0.1) is 0 Å². The van der Waals surface area contributed by atoms with Crippen LogP contribution in [-0.2, 0) is 26.2 Å². The molecule has 0 saturated heterocycles. The molecule has 0 aromatic rings. The summed E-state index contributed by atoms with van der Waals surface area (Å²) in [6.07, 6.45) is 0. The standard InChI is InChI=1S/3C3H8N.Zr/c3*1-3-4-2;/h3*3H2,1-2H3;/q3*-1;+3. The van der Waals surface area contributed by atoms with E-state index < -0.39 is 0 Å². The molecule has 0 rings (SSSR count). The molecule has 0 unspecified atom stereocenters. The largest absolute Gasteiger partial charge is 3.00 e. The fourth-order valence-electron chi connectivity index (χ4n) is 0. The minimum atomic E-state index is 0. The summed E-state index contributed by atoms with van der Waals surface area (Å²) in [5, 5.41) is 11.2. The maximum absolute atomic E-state index is 3.74. The molecule has 4 heteroatoms. The summed E-state index contributed by atoms with van der Waals surface area (Å²) in [7, 11) is 5.42. The Labute approximate surface area is 104 Å². The normalized spacial score (nSPS) is 6.92. The Kier molecular flexibility index (Phi) is 69.9. The van der Waals surface area contributed by atoms with E-state index in [4.69, 9.17) is 0 Å². The topological polar surface area (TPSA) is 42.3 Å². The third-order valence-electron chi connectivity index (χ3n) is 0.949. The van der Waals surface area contributed by atoms with Crippen molar-refractivity contribution >= 4 is 0 Å². The smallest absolute Gasteiger partial charge is 0.665 e. The molecule has 0 aromatic heterocycles. The van der Waals surface area contributed by atoms with Crippen molar-refractivity contribution in [3.63, 3.8) is 0 Å². The molecule has 0 aliphatic carbocycles. The van der Waals surface area contributed by atoms with Gasteiger partial charge in [-0.3, -0.25) is 0 Å². The summed E-state index contributed by atoms with van der Waals surface area (Å²) in [5.74, 6) is 0. The molecule has 0 aliphatic heterocycles. The van der Waals surface area contributed by atoms with Gasteiger partial charge in [-0.25, -0.2) is 0 Å². The second kappa shape index (κ2) is 38.6. The van der Waals surface area contributed by atoms with Crippen LogP contribution in [0.3, 0.4) is 0 Å². The third kappa shape index (κ3) is 104. The first-order valence-corrected chi connectivity index (χ1v) is 4.41. The van der Waals surface area contributed by atoms with E-state index in [0.717, 1.165) is 19.6 Å². The van der Waals surface area contributed by atoms with E-state index in [1.54, 1.807) is 21.1 Å². The van der Waals surface area contributed by atoms with Gasteiger partial charge in [0.25, 0.3) is 0 Å². The molecule has 79 valence electrons. The Morgan fingerprint density at radius 1 is 0.615 bits per heavy atom. The first-order valence-electron chi connectivity index (χ1n) is 4.41. The number of nitrogens with zero attached hydrogens (tertiary/aromatic N) is 3. The van der Waals surface area contributed by atoms with Crippen LogP contribution in [0.4, 0.5) is 0 Å². The quantitative estimate of drug-likeness (QED) is 0.753. The zero-order valence-electron chi connectivity index (χ0n) is 9.96. The van der Waals surface area contributed by atoms with Crippen LogP contribution >= 0.6 is 0 Å². The summed E-state index contributed by atoms with van der Waals surface area (Å²) in [6.45, 7) is 8.88. The Morgan fingerprint density at radius 2 is 0.692 bits per heavy atom. The monoisotopic (exact) mass is 264 g/mol. The van der Waals surface area contributed by atoms with Gasteiger partial charge in [0.1, 0.15) is 0 Å². The number of hydrogen-bond acceptors (Lipinski definition) is 0. The van der Waals surface area contributed by atoms with Gasteiger partial charge in [-0.15, -0.1) is 0 Å². The van der Waals surface area contributed by atoms with Gasteiger partial charge >= 0.3 is 26.2 Å². The molecule has 0 spiro atoms. The zero-order valence-corrected chi connectivity index (χ0v) is 12.4. The molecular formula is C9H24N3Zr. The van der Waals surface area contributed by atoms with Crippen molar-refractivity contribution in [3.05, 3.63) is 16.0 Å². The molecule has 13 heavy (non-hydrogen) atoms. The van der Waals surface area contributed by atoms with Gasteiger partial charge < -0.3 is 16.0 Å². The molecule has 0 bridgehead atoms. The molecule has 0 heterocycles. The van der Waals surface area contributed by atoms with Crippen LogP contribution < -0.4 is 0 Å². The van der Waals surface area contributed by atoms with E-state index in [9.17, 15) is 0 Å². The van der Waals surface area contributed by atoms with Gasteiger partial charge in [-0.1, -0.05) is 20.8 Å². The van der Waals surface area contributed by atoms with Crippen molar-refractivity contribution in [1.82, 2.24) is 0 Å². The summed E-state index contributed by atoms with van der Waals surface area (Å²) in [6, 6.07) is 0. The van der Waals surface area contributed by atoms with E-state index in [-0.39, 0.29) is 26.2 Å². The van der Waals surface area contributed by atoms with E-state index in [1.165, 1.54) is 0 Å². The number of rotatable bonds is 3. The first-order chi connectivity index (χ1) is 5.74. The van der Waals surface area contributed by atoms with Crippen LogP contribution in [0.2, 0.25) is 0 Å². The number of hydrogen-bond donors (Lipinski definition) is 0. The molecule has 0 aliphatic rings. The van der Waals surface area contributed by atoms with Gasteiger partial charge in [0.15, 0.2) is 0 Å². The molecule has 0 amide bonds. The van der Waals surface area contributed by atoms with Gasteiger partial charge in [0.2, 0.25) is 0 Å². The zero-order chi connectivity index (χ0) is 10.2.